The molecule has 0 radical (unpaired) electrons. The largest absolute Gasteiger partial charge is 0.344 e. The molecule has 0 bridgehead atoms. The highest BCUT2D eigenvalue weighted by Crippen LogP contribution is 2.27. The van der Waals surface area contributed by atoms with Crippen molar-refractivity contribution in [3.05, 3.63) is 71.8 Å². The van der Waals surface area contributed by atoms with Crippen LogP contribution in [0.3, 0.4) is 0 Å². The zero-order valence-electron chi connectivity index (χ0n) is 16.5. The van der Waals surface area contributed by atoms with Crippen LogP contribution in [0.25, 0.3) is 0 Å². The lowest BCUT2D eigenvalue weighted by Crippen LogP contribution is -2.35. The first-order valence-electron chi connectivity index (χ1n) is 9.22. The van der Waals surface area contributed by atoms with E-state index in [1.165, 1.54) is 11.8 Å². The predicted molar refractivity (Wildman–Crippen MR) is 111 cm³/mol. The van der Waals surface area contributed by atoms with Crippen LogP contribution in [-0.4, -0.2) is 31.4 Å². The normalized spacial score (nSPS) is 12.8. The van der Waals surface area contributed by atoms with E-state index in [1.807, 2.05) is 88.4 Å². The smallest absolute Gasteiger partial charge is 0.234 e. The zero-order chi connectivity index (χ0) is 20.1. The van der Waals surface area contributed by atoms with Crippen LogP contribution in [-0.2, 0) is 10.3 Å². The number of hydrogen-bond donors (Lipinski definition) is 1. The Morgan fingerprint density at radius 1 is 1.00 bits per heavy atom. The molecule has 0 spiro atoms. The maximum absolute atomic E-state index is 13.0. The molecule has 0 saturated carbocycles. The third kappa shape index (κ3) is 4.78. The monoisotopic (exact) mass is 395 g/mol. The lowest BCUT2D eigenvalue weighted by Gasteiger charge is -2.23. The molecule has 1 N–H and O–H groups in total. The summed E-state index contributed by atoms with van der Waals surface area (Å²) in [6.07, 6.45) is 0. The third-order valence-corrected chi connectivity index (χ3v) is 5.31. The van der Waals surface area contributed by atoms with Crippen LogP contribution < -0.4 is 5.32 Å². The van der Waals surface area contributed by atoms with E-state index in [4.69, 9.17) is 0 Å². The van der Waals surface area contributed by atoms with Gasteiger partial charge in [0, 0.05) is 0 Å². The van der Waals surface area contributed by atoms with E-state index in [2.05, 4.69) is 20.8 Å². The number of nitrogens with zero attached hydrogens (tertiary/aromatic N) is 4. The molecule has 1 heterocycles. The van der Waals surface area contributed by atoms with E-state index in [-0.39, 0.29) is 22.7 Å². The van der Waals surface area contributed by atoms with Gasteiger partial charge in [-0.15, -0.1) is 5.10 Å². The molecule has 1 unspecified atom stereocenters. The van der Waals surface area contributed by atoms with Crippen LogP contribution in [0.15, 0.2) is 65.8 Å². The lowest BCUT2D eigenvalue weighted by molar-refractivity contribution is -0.120. The van der Waals surface area contributed by atoms with Gasteiger partial charge in [0.25, 0.3) is 0 Å². The molecule has 7 heteroatoms. The highest BCUT2D eigenvalue weighted by molar-refractivity contribution is 8.00. The Balaban J connectivity index is 1.78. The van der Waals surface area contributed by atoms with Crippen molar-refractivity contribution >= 4 is 17.7 Å². The van der Waals surface area contributed by atoms with Crippen molar-refractivity contribution in [2.24, 2.45) is 0 Å². The van der Waals surface area contributed by atoms with Gasteiger partial charge in [-0.05, 0) is 49.2 Å². The van der Waals surface area contributed by atoms with Gasteiger partial charge in [-0.2, -0.15) is 0 Å². The molecule has 146 valence electrons. The van der Waals surface area contributed by atoms with E-state index in [0.29, 0.717) is 5.16 Å². The molecule has 0 saturated heterocycles. The second kappa shape index (κ2) is 8.56. The van der Waals surface area contributed by atoms with Gasteiger partial charge in [-0.1, -0.05) is 72.4 Å². The molecule has 0 aliphatic heterocycles. The fourth-order valence-corrected chi connectivity index (χ4v) is 3.78. The maximum atomic E-state index is 13.0. The summed E-state index contributed by atoms with van der Waals surface area (Å²) < 4.78 is 1.74. The van der Waals surface area contributed by atoms with Gasteiger partial charge < -0.3 is 5.32 Å². The minimum atomic E-state index is -0.345. The number of thioether (sulfide) groups is 1. The van der Waals surface area contributed by atoms with E-state index in [1.54, 1.807) is 4.68 Å². The lowest BCUT2D eigenvalue weighted by atomic mass is 9.98. The van der Waals surface area contributed by atoms with Crippen molar-refractivity contribution in [2.45, 2.75) is 49.7 Å². The number of amides is 1. The SMILES string of the molecule is CC(Sc1nnnn1C(C)(C)C)C(=O)NC(c1ccccc1)c1ccccc1. The minimum absolute atomic E-state index is 0.0637. The van der Waals surface area contributed by atoms with Crippen molar-refractivity contribution in [1.29, 1.82) is 0 Å². The number of hydrogen-bond acceptors (Lipinski definition) is 5. The van der Waals surface area contributed by atoms with E-state index in [0.717, 1.165) is 11.1 Å². The van der Waals surface area contributed by atoms with Crippen LogP contribution in [0.2, 0.25) is 0 Å². The van der Waals surface area contributed by atoms with Crippen molar-refractivity contribution in [3.63, 3.8) is 0 Å². The molecule has 1 amide bonds. The van der Waals surface area contributed by atoms with Crippen molar-refractivity contribution < 1.29 is 4.79 Å². The Morgan fingerprint density at radius 3 is 2.04 bits per heavy atom. The summed E-state index contributed by atoms with van der Waals surface area (Å²) in [5.74, 6) is -0.0637. The average molecular weight is 396 g/mol. The maximum Gasteiger partial charge on any atom is 0.234 e. The Morgan fingerprint density at radius 2 is 1.54 bits per heavy atom. The first-order chi connectivity index (χ1) is 13.4. The summed E-state index contributed by atoms with van der Waals surface area (Å²) in [5, 5.41) is 15.4. The summed E-state index contributed by atoms with van der Waals surface area (Å²) in [7, 11) is 0. The van der Waals surface area contributed by atoms with Crippen LogP contribution >= 0.6 is 11.8 Å². The van der Waals surface area contributed by atoms with Gasteiger partial charge in [-0.3, -0.25) is 4.79 Å². The summed E-state index contributed by atoms with van der Waals surface area (Å²) in [6.45, 7) is 7.95. The molecule has 3 rings (SSSR count). The molecule has 28 heavy (non-hydrogen) atoms. The number of carbonyl (C=O) groups is 1. The van der Waals surface area contributed by atoms with Crippen LogP contribution in [0, 0.1) is 0 Å². The molecular weight excluding hydrogens is 370 g/mol. The molecule has 1 aromatic heterocycles. The molecule has 1 atom stereocenters. The number of benzene rings is 2. The molecular formula is C21H25N5OS. The number of tetrazole rings is 1. The van der Waals surface area contributed by atoms with Gasteiger partial charge in [0.2, 0.25) is 11.1 Å². The van der Waals surface area contributed by atoms with Crippen LogP contribution in [0.4, 0.5) is 0 Å². The van der Waals surface area contributed by atoms with Gasteiger partial charge >= 0.3 is 0 Å². The van der Waals surface area contributed by atoms with Crippen molar-refractivity contribution in [2.75, 3.05) is 0 Å². The predicted octanol–water partition coefficient (Wildman–Crippen LogP) is 3.81. The third-order valence-electron chi connectivity index (χ3n) is 4.28. The first kappa shape index (κ1) is 20.1. The minimum Gasteiger partial charge on any atom is -0.344 e. The Labute approximate surface area is 169 Å². The molecule has 3 aromatic rings. The molecule has 0 fully saturated rings. The number of carbonyl (C=O) groups excluding carboxylic acids is 1. The summed E-state index contributed by atoms with van der Waals surface area (Å²) in [5.41, 5.74) is 1.83. The van der Waals surface area contributed by atoms with Crippen LogP contribution in [0.5, 0.6) is 0 Å². The quantitative estimate of drug-likeness (QED) is 0.643. The number of rotatable bonds is 6. The van der Waals surface area contributed by atoms with Crippen LogP contribution in [0.1, 0.15) is 44.9 Å². The summed E-state index contributed by atoms with van der Waals surface area (Å²) in [6, 6.07) is 19.7. The van der Waals surface area contributed by atoms with Crippen molar-refractivity contribution in [3.8, 4) is 0 Å². The first-order valence-corrected chi connectivity index (χ1v) is 10.1. The van der Waals surface area contributed by atoms with Gasteiger partial charge in [-0.25, -0.2) is 4.68 Å². The van der Waals surface area contributed by atoms with E-state index < -0.39 is 0 Å². The number of nitrogens with one attached hydrogen (secondary N) is 1. The molecule has 0 aliphatic carbocycles. The van der Waals surface area contributed by atoms with E-state index in [9.17, 15) is 4.79 Å². The highest BCUT2D eigenvalue weighted by atomic mass is 32.2. The Hall–Kier alpha value is -2.67. The second-order valence-electron chi connectivity index (χ2n) is 7.57. The standard InChI is InChI=1S/C21H25N5OS/c1-15(28-20-23-24-25-26(20)21(2,3)4)19(27)22-18(16-11-7-5-8-12-16)17-13-9-6-10-14-17/h5-15,18H,1-4H3,(H,22,27). The molecule has 2 aromatic carbocycles. The van der Waals surface area contributed by atoms with Crippen molar-refractivity contribution in [1.82, 2.24) is 25.5 Å². The Kier molecular flexibility index (Phi) is 6.14. The second-order valence-corrected chi connectivity index (χ2v) is 8.88. The Bertz CT molecular complexity index is 866. The highest BCUT2D eigenvalue weighted by Gasteiger charge is 2.26. The molecule has 6 nitrogen and oxygen atoms in total. The summed E-state index contributed by atoms with van der Waals surface area (Å²) >= 11 is 1.36. The van der Waals surface area contributed by atoms with Gasteiger partial charge in [0.15, 0.2) is 0 Å². The van der Waals surface area contributed by atoms with Gasteiger partial charge in [0.05, 0.1) is 16.8 Å². The fraction of sp³-hybridized carbons (Fsp3) is 0.333. The summed E-state index contributed by atoms with van der Waals surface area (Å²) in [4.78, 5) is 13.0. The number of aromatic nitrogens is 4. The topological polar surface area (TPSA) is 72.7 Å². The average Bonchev–Trinajstić information content (AvgIpc) is 3.16. The molecule has 0 aliphatic rings. The van der Waals surface area contributed by atoms with Gasteiger partial charge in [0.1, 0.15) is 0 Å². The zero-order valence-corrected chi connectivity index (χ0v) is 17.4. The fourth-order valence-electron chi connectivity index (χ4n) is 2.79. The van der Waals surface area contributed by atoms with E-state index >= 15 is 0 Å².